The molecule has 0 unspecified atom stereocenters. The maximum absolute atomic E-state index is 13.3. The minimum atomic E-state index is -3.86. The van der Waals surface area contributed by atoms with Crippen LogP contribution in [0.5, 0.6) is 11.5 Å². The van der Waals surface area contributed by atoms with Crippen molar-refractivity contribution in [2.75, 3.05) is 99.9 Å². The summed E-state index contributed by atoms with van der Waals surface area (Å²) in [4.78, 5) is 59.3. The SMILES string of the molecule is COC(=O)[C@H](Cc1ccc(OCCCN2CCN(C)CC2)cc1)NC(=O)[C@@H]1CCCN1S(=O)(=O)c1ccc(C)cc1.COC(=O)[C@H](Cc1ccc(OCCN2CCCCCC2)cc1)NC(=O)[C@@H]1CCCN1S(=O)(=O)c1ccc(C)cc1. The molecule has 442 valence electrons. The fourth-order valence-corrected chi connectivity index (χ4v) is 13.9. The third-order valence-electron chi connectivity index (χ3n) is 15.5. The Labute approximate surface area is 479 Å². The van der Waals surface area contributed by atoms with E-state index in [4.69, 9.17) is 18.9 Å². The summed E-state index contributed by atoms with van der Waals surface area (Å²) in [5.74, 6) is -0.689. The van der Waals surface area contributed by atoms with Crippen LogP contribution >= 0.6 is 0 Å². The van der Waals surface area contributed by atoms with Crippen molar-refractivity contribution in [2.24, 2.45) is 0 Å². The smallest absolute Gasteiger partial charge is 0.328 e. The number of nitrogens with one attached hydrogen (secondary N) is 2. The van der Waals surface area contributed by atoms with Gasteiger partial charge in [0, 0.05) is 65.2 Å². The number of carbonyl (C=O) groups excluding carboxylic acids is 4. The minimum Gasteiger partial charge on any atom is -0.494 e. The molecule has 4 aromatic carbocycles. The molecule has 4 saturated heterocycles. The zero-order valence-corrected chi connectivity index (χ0v) is 49.4. The lowest BCUT2D eigenvalue weighted by atomic mass is 10.0. The molecule has 8 rings (SSSR count). The molecular formula is C60H83N7O12S2. The number of hydrogen-bond donors (Lipinski definition) is 2. The average Bonchev–Trinajstić information content (AvgIpc) is 4.38. The van der Waals surface area contributed by atoms with Crippen LogP contribution in [0, 0.1) is 13.8 Å². The summed E-state index contributed by atoms with van der Waals surface area (Å²) in [5, 5.41) is 5.51. The molecule has 81 heavy (non-hydrogen) atoms. The number of carbonyl (C=O) groups is 4. The van der Waals surface area contributed by atoms with Gasteiger partial charge in [-0.1, -0.05) is 72.5 Å². The van der Waals surface area contributed by atoms with Crippen LogP contribution in [0.2, 0.25) is 0 Å². The Morgan fingerprint density at radius 1 is 0.506 bits per heavy atom. The van der Waals surface area contributed by atoms with Gasteiger partial charge in [-0.05, 0) is 139 Å². The second-order valence-electron chi connectivity index (χ2n) is 21.5. The Hall–Kier alpha value is -5.94. The van der Waals surface area contributed by atoms with Gasteiger partial charge in [0.05, 0.1) is 30.6 Å². The van der Waals surface area contributed by atoms with E-state index in [1.54, 1.807) is 48.5 Å². The third-order valence-corrected chi connectivity index (χ3v) is 19.3. The number of aryl methyl sites for hydroxylation is 2. The Kier molecular flexibility index (Phi) is 23.5. The van der Waals surface area contributed by atoms with Gasteiger partial charge in [0.15, 0.2) is 0 Å². The van der Waals surface area contributed by atoms with Gasteiger partial charge in [0.1, 0.15) is 42.3 Å². The van der Waals surface area contributed by atoms with Crippen molar-refractivity contribution < 1.29 is 55.0 Å². The first-order chi connectivity index (χ1) is 38.9. The Morgan fingerprint density at radius 3 is 1.33 bits per heavy atom. The van der Waals surface area contributed by atoms with Gasteiger partial charge in [-0.2, -0.15) is 8.61 Å². The van der Waals surface area contributed by atoms with Gasteiger partial charge in [-0.3, -0.25) is 14.5 Å². The number of methoxy groups -OCH3 is 2. The number of ether oxygens (including phenoxy) is 4. The fourth-order valence-electron chi connectivity index (χ4n) is 10.6. The maximum atomic E-state index is 13.3. The summed E-state index contributed by atoms with van der Waals surface area (Å²) >= 11 is 0. The molecule has 0 saturated carbocycles. The zero-order chi connectivity index (χ0) is 57.9. The lowest BCUT2D eigenvalue weighted by molar-refractivity contribution is -0.145. The van der Waals surface area contributed by atoms with E-state index in [0.717, 1.165) is 92.5 Å². The molecule has 0 spiro atoms. The molecule has 4 aliphatic heterocycles. The number of amides is 2. The Balaban J connectivity index is 0.000000234. The minimum absolute atomic E-state index is 0.147. The number of nitrogens with zero attached hydrogens (tertiary/aromatic N) is 5. The number of likely N-dealkylation sites (N-methyl/N-ethyl adjacent to an activating group) is 1. The van der Waals surface area contributed by atoms with Crippen LogP contribution < -0.4 is 20.1 Å². The third kappa shape index (κ3) is 18.0. The zero-order valence-electron chi connectivity index (χ0n) is 47.8. The van der Waals surface area contributed by atoms with Crippen LogP contribution in [-0.2, 0) is 61.5 Å². The molecule has 0 aromatic heterocycles. The average molecular weight is 1160 g/mol. The monoisotopic (exact) mass is 1160 g/mol. The largest absolute Gasteiger partial charge is 0.494 e. The number of benzene rings is 4. The molecule has 4 heterocycles. The fraction of sp³-hybridized carbons (Fsp3) is 0.533. The van der Waals surface area contributed by atoms with Crippen LogP contribution in [-0.4, -0.2) is 188 Å². The van der Waals surface area contributed by atoms with Gasteiger partial charge in [0.25, 0.3) is 0 Å². The van der Waals surface area contributed by atoms with Crippen molar-refractivity contribution in [3.63, 3.8) is 0 Å². The molecule has 0 bridgehead atoms. The number of likely N-dealkylation sites (tertiary alicyclic amines) is 1. The second kappa shape index (κ2) is 30.4. The van der Waals surface area contributed by atoms with Gasteiger partial charge >= 0.3 is 11.9 Å². The van der Waals surface area contributed by atoms with Crippen molar-refractivity contribution in [2.45, 2.75) is 118 Å². The van der Waals surface area contributed by atoms with Crippen LogP contribution in [0.25, 0.3) is 0 Å². The highest BCUT2D eigenvalue weighted by Crippen LogP contribution is 2.29. The van der Waals surface area contributed by atoms with Gasteiger partial charge < -0.3 is 39.4 Å². The van der Waals surface area contributed by atoms with E-state index < -0.39 is 68.0 Å². The molecule has 2 amide bonds. The van der Waals surface area contributed by atoms with Gasteiger partial charge in [-0.15, -0.1) is 0 Å². The molecule has 4 aromatic rings. The van der Waals surface area contributed by atoms with Crippen LogP contribution in [0.3, 0.4) is 0 Å². The predicted octanol–water partition coefficient (Wildman–Crippen LogP) is 5.37. The van der Waals surface area contributed by atoms with Gasteiger partial charge in [-0.25, -0.2) is 26.4 Å². The lowest BCUT2D eigenvalue weighted by Gasteiger charge is -2.32. The quantitative estimate of drug-likeness (QED) is 0.0706. The number of sulfonamides is 2. The number of hydrogen-bond acceptors (Lipinski definition) is 15. The summed E-state index contributed by atoms with van der Waals surface area (Å²) < 4.78 is 77.3. The number of esters is 2. The topological polar surface area (TPSA) is 214 Å². The summed E-state index contributed by atoms with van der Waals surface area (Å²) in [6, 6.07) is 24.4. The molecule has 19 nitrogen and oxygen atoms in total. The molecule has 4 aliphatic rings. The molecule has 21 heteroatoms. The van der Waals surface area contributed by atoms with E-state index in [0.29, 0.717) is 38.9 Å². The number of rotatable bonds is 23. The molecule has 4 fully saturated rings. The molecular weight excluding hydrogens is 1070 g/mol. The lowest BCUT2D eigenvalue weighted by Crippen LogP contribution is -2.51. The summed E-state index contributed by atoms with van der Waals surface area (Å²) in [6.45, 7) is 14.0. The molecule has 0 radical (unpaired) electrons. The maximum Gasteiger partial charge on any atom is 0.328 e. The van der Waals surface area contributed by atoms with Crippen molar-refractivity contribution in [1.82, 2.24) is 33.9 Å². The Morgan fingerprint density at radius 2 is 0.914 bits per heavy atom. The predicted molar refractivity (Wildman–Crippen MR) is 309 cm³/mol. The van der Waals surface area contributed by atoms with E-state index in [2.05, 4.69) is 32.4 Å². The van der Waals surface area contributed by atoms with Crippen LogP contribution in [0.1, 0.15) is 80.0 Å². The summed E-state index contributed by atoms with van der Waals surface area (Å²) in [6.07, 6.45) is 8.34. The highest BCUT2D eigenvalue weighted by atomic mass is 32.2. The van der Waals surface area contributed by atoms with E-state index in [1.165, 1.54) is 48.5 Å². The molecule has 2 N–H and O–H groups in total. The normalized spacial score (nSPS) is 19.5. The van der Waals surface area contributed by atoms with E-state index in [-0.39, 0.29) is 35.7 Å². The first-order valence-electron chi connectivity index (χ1n) is 28.5. The van der Waals surface area contributed by atoms with Gasteiger partial charge in [0.2, 0.25) is 31.9 Å². The van der Waals surface area contributed by atoms with Crippen molar-refractivity contribution in [1.29, 1.82) is 0 Å². The molecule has 0 aliphatic carbocycles. The van der Waals surface area contributed by atoms with Crippen LogP contribution in [0.4, 0.5) is 0 Å². The highest BCUT2D eigenvalue weighted by molar-refractivity contribution is 7.89. The van der Waals surface area contributed by atoms with Crippen molar-refractivity contribution >= 4 is 43.8 Å². The van der Waals surface area contributed by atoms with E-state index in [9.17, 15) is 36.0 Å². The second-order valence-corrected chi connectivity index (χ2v) is 25.3. The standard InChI is InChI=1S/C30H42N4O6S.C30H41N3O6S/c1-23-7-13-26(14-8-23)41(37,38)34-16-4-6-28(34)29(35)31-27(30(36)39-3)22-24-9-11-25(12-10-24)40-21-5-15-33-19-17-32(2)18-20-33;1-23-9-15-26(16-10-23)40(36,37)33-19-7-8-28(33)29(34)31-27(30(35)38-2)22-24-11-13-25(14-12-24)39-21-20-32-17-5-3-4-6-18-32/h7-14,27-28H,4-6,15-22H2,1-3H3,(H,31,35);9-16,27-28H,3-8,17-22H2,1-2H3,(H,31,34)/t2*27-,28-/m00/s1. The first-order valence-corrected chi connectivity index (χ1v) is 31.3. The summed E-state index contributed by atoms with van der Waals surface area (Å²) in [7, 11) is -3.02. The van der Waals surface area contributed by atoms with Crippen molar-refractivity contribution in [3.8, 4) is 11.5 Å². The molecule has 4 atom stereocenters. The Bertz CT molecular complexity index is 2880. The van der Waals surface area contributed by atoms with E-state index in [1.807, 2.05) is 62.4 Å². The van der Waals surface area contributed by atoms with Crippen LogP contribution in [0.15, 0.2) is 107 Å². The highest BCUT2D eigenvalue weighted by Gasteiger charge is 2.42. The van der Waals surface area contributed by atoms with E-state index >= 15 is 0 Å². The number of piperazine rings is 1. The first kappa shape index (κ1) is 62.7. The van der Waals surface area contributed by atoms with Crippen molar-refractivity contribution in [3.05, 3.63) is 119 Å². The summed E-state index contributed by atoms with van der Waals surface area (Å²) in [5.41, 5.74) is 3.54.